The molecule has 0 N–H and O–H groups in total. The molecule has 0 spiro atoms. The van der Waals surface area contributed by atoms with Crippen molar-refractivity contribution in [2.45, 2.75) is 33.4 Å². The van der Waals surface area contributed by atoms with Crippen LogP contribution < -0.4 is 0 Å². The summed E-state index contributed by atoms with van der Waals surface area (Å²) in [6.07, 6.45) is 1.25. The molecule has 0 amide bonds. The molecule has 0 fully saturated rings. The Kier molecular flexibility index (Phi) is 131. The summed E-state index contributed by atoms with van der Waals surface area (Å²) in [5.74, 6) is 0. The van der Waals surface area contributed by atoms with E-state index in [2.05, 4.69) is 26.9 Å². The van der Waals surface area contributed by atoms with Crippen LogP contribution in [0.1, 0.15) is 20.3 Å². The van der Waals surface area contributed by atoms with Crippen molar-refractivity contribution >= 4 is 9.52 Å². The van der Waals surface area contributed by atoms with Gasteiger partial charge in [0.2, 0.25) is 0 Å². The quantitative estimate of drug-likeness (QED) is 0.549. The molecule has 0 saturated heterocycles. The summed E-state index contributed by atoms with van der Waals surface area (Å²) in [6.45, 7) is 8.78. The van der Waals surface area contributed by atoms with E-state index in [-0.39, 0.29) is 113 Å². The molecule has 0 unspecified atom stereocenters. The molecule has 0 aromatic carbocycles. The first-order chi connectivity index (χ1) is 2.83. The Hall–Kier alpha value is 4.00. The first kappa shape index (κ1) is 29.3. The Bertz CT molecular complexity index is 14.2. The van der Waals surface area contributed by atoms with E-state index in [1.165, 1.54) is 6.42 Å². The second-order valence-electron chi connectivity index (χ2n) is 1.41. The molecule has 64 valence electrons. The third-order valence-electron chi connectivity index (χ3n) is 0. The summed E-state index contributed by atoms with van der Waals surface area (Å²) in [5.41, 5.74) is 0. The van der Waals surface area contributed by atoms with Gasteiger partial charge in [-0.2, -0.15) is 0 Å². The summed E-state index contributed by atoms with van der Waals surface area (Å²) in [7, 11) is 0.417. The van der Waals surface area contributed by atoms with Gasteiger partial charge in [-0.15, -0.1) is 0 Å². The topological polar surface area (TPSA) is 0 Å². The van der Waals surface area contributed by atoms with Gasteiger partial charge in [-0.3, -0.25) is 0 Å². The van der Waals surface area contributed by atoms with E-state index in [1.807, 2.05) is 0 Å². The SMILES string of the molecule is CCC.C[SiH2]C.[Ar].[Ar].[Ar]. The average Bonchev–Trinajstić information content (AvgIpc) is 1.39. The molecule has 0 atom stereocenters. The van der Waals surface area contributed by atoms with Gasteiger partial charge >= 0.3 is 0 Å². The fourth-order valence-corrected chi connectivity index (χ4v) is 0. The second kappa shape index (κ2) is 40.3. The van der Waals surface area contributed by atoms with Crippen molar-refractivity contribution in [3.63, 3.8) is 0 Å². The van der Waals surface area contributed by atoms with Gasteiger partial charge < -0.3 is 0 Å². The molecule has 0 aromatic rings. The van der Waals surface area contributed by atoms with E-state index in [0.717, 1.165) is 0 Å². The summed E-state index contributed by atoms with van der Waals surface area (Å²) in [6, 6.07) is 0. The van der Waals surface area contributed by atoms with E-state index < -0.39 is 0 Å². The number of hydrogen-bond donors (Lipinski definition) is 0. The van der Waals surface area contributed by atoms with Gasteiger partial charge in [0.1, 0.15) is 0 Å². The minimum absolute atomic E-state index is 0. The molecule has 0 aliphatic heterocycles. The molecule has 0 aromatic heterocycles. The van der Waals surface area contributed by atoms with Gasteiger partial charge in [-0.05, 0) is 0 Å². The molecule has 0 bridgehead atoms. The fourth-order valence-electron chi connectivity index (χ4n) is 0. The van der Waals surface area contributed by atoms with Crippen molar-refractivity contribution < 1.29 is 113 Å². The van der Waals surface area contributed by atoms with Crippen LogP contribution >= 0.6 is 0 Å². The van der Waals surface area contributed by atoms with E-state index in [9.17, 15) is 0 Å². The van der Waals surface area contributed by atoms with Crippen LogP contribution in [0.3, 0.4) is 0 Å². The molecule has 0 aliphatic rings. The molecular formula is C5H16Ar3Si. The third-order valence-corrected chi connectivity index (χ3v) is 0. The summed E-state index contributed by atoms with van der Waals surface area (Å²) in [4.78, 5) is 0. The Morgan fingerprint density at radius 1 is 0.889 bits per heavy atom. The second-order valence-corrected chi connectivity index (χ2v) is 2.83. The molecule has 9 heavy (non-hydrogen) atoms. The first-order valence-electron chi connectivity index (χ1n) is 2.83. The zero-order chi connectivity index (χ0) is 5.41. The predicted octanol–water partition coefficient (Wildman–Crippen LogP) is 1.67. The van der Waals surface area contributed by atoms with E-state index in [4.69, 9.17) is 0 Å². The molecule has 0 rings (SSSR count). The smallest absolute Gasteiger partial charge is 0.0135 e. The minimum Gasteiger partial charge on any atom is -0.0750 e. The predicted molar refractivity (Wildman–Crippen MR) is 36.2 cm³/mol. The van der Waals surface area contributed by atoms with Crippen molar-refractivity contribution in [2.75, 3.05) is 0 Å². The Morgan fingerprint density at radius 2 is 0.889 bits per heavy atom. The van der Waals surface area contributed by atoms with E-state index in [1.54, 1.807) is 0 Å². The van der Waals surface area contributed by atoms with E-state index >= 15 is 0 Å². The molecule has 0 nitrogen and oxygen atoms in total. The van der Waals surface area contributed by atoms with Crippen molar-refractivity contribution in [3.05, 3.63) is 0 Å². The van der Waals surface area contributed by atoms with E-state index in [0.29, 0.717) is 9.52 Å². The van der Waals surface area contributed by atoms with Crippen LogP contribution in [0.4, 0.5) is 0 Å². The molecule has 4 heteroatoms. The van der Waals surface area contributed by atoms with Gasteiger partial charge in [0.15, 0.2) is 0 Å². The van der Waals surface area contributed by atoms with Crippen LogP contribution in [0.2, 0.25) is 13.1 Å². The first-order valence-corrected chi connectivity index (χ1v) is 5.66. The maximum absolute atomic E-state index is 2.26. The van der Waals surface area contributed by atoms with Gasteiger partial charge in [0.25, 0.3) is 0 Å². The summed E-state index contributed by atoms with van der Waals surface area (Å²) in [5, 5.41) is 0. The molecule has 0 aliphatic carbocycles. The standard InChI is InChI=1S/C3H8.C2H8Si.3Ar/c2*1-3-2;;;/h2*3H2,1-2H3;;;. The maximum Gasteiger partial charge on any atom is 0.0135 e. The molecule has 0 saturated carbocycles. The normalized spacial score (nSPS) is 4.00. The van der Waals surface area contributed by atoms with Gasteiger partial charge in [0.05, 0.1) is 0 Å². The monoisotopic (exact) mass is 224 g/mol. The molecular weight excluding hydrogens is 208 g/mol. The summed E-state index contributed by atoms with van der Waals surface area (Å²) < 4.78 is 0. The zero-order valence-corrected chi connectivity index (χ0v) is 10.0. The van der Waals surface area contributed by atoms with Crippen LogP contribution in [0, 0.1) is 113 Å². The number of hydrogen-bond acceptors (Lipinski definition) is 0. The Balaban J connectivity index is -0.00000000889. The number of rotatable bonds is 0. The minimum atomic E-state index is 0. The van der Waals surface area contributed by atoms with Gasteiger partial charge in [-0.25, -0.2) is 0 Å². The fraction of sp³-hybridized carbons (Fsp3) is 1.00. The van der Waals surface area contributed by atoms with Crippen molar-refractivity contribution in [2.24, 2.45) is 0 Å². The Labute approximate surface area is 152 Å². The summed E-state index contributed by atoms with van der Waals surface area (Å²) >= 11 is 0. The van der Waals surface area contributed by atoms with Gasteiger partial charge in [0, 0.05) is 123 Å². The third kappa shape index (κ3) is 75.1. The average molecular weight is 224 g/mol. The van der Waals surface area contributed by atoms with Crippen LogP contribution in [0.25, 0.3) is 0 Å². The van der Waals surface area contributed by atoms with Crippen molar-refractivity contribution in [3.8, 4) is 0 Å². The largest absolute Gasteiger partial charge is 0.0750 e. The maximum atomic E-state index is 2.26. The van der Waals surface area contributed by atoms with Crippen LogP contribution in [0.15, 0.2) is 0 Å². The Morgan fingerprint density at radius 3 is 0.889 bits per heavy atom. The molecule has 0 radical (unpaired) electrons. The van der Waals surface area contributed by atoms with Crippen LogP contribution in [0.5, 0.6) is 0 Å². The molecule has 0 heterocycles. The van der Waals surface area contributed by atoms with Crippen LogP contribution in [-0.4, -0.2) is 9.52 Å². The van der Waals surface area contributed by atoms with Gasteiger partial charge in [-0.1, -0.05) is 33.4 Å². The van der Waals surface area contributed by atoms with Crippen molar-refractivity contribution in [1.82, 2.24) is 0 Å². The van der Waals surface area contributed by atoms with Crippen molar-refractivity contribution in [1.29, 1.82) is 0 Å². The van der Waals surface area contributed by atoms with Crippen LogP contribution in [-0.2, 0) is 0 Å². The zero-order valence-electron chi connectivity index (χ0n) is 6.47.